The van der Waals surface area contributed by atoms with Gasteiger partial charge in [-0.2, -0.15) is 5.26 Å². The minimum absolute atomic E-state index is 0.500. The number of pyridine rings is 1. The van der Waals surface area contributed by atoms with Crippen LogP contribution in [-0.2, 0) is 0 Å². The quantitative estimate of drug-likeness (QED) is 0.827. The molecule has 0 radical (unpaired) electrons. The summed E-state index contributed by atoms with van der Waals surface area (Å²) in [6.07, 6.45) is 3.55. The molecule has 102 valence electrons. The Kier molecular flexibility index (Phi) is 3.31. The van der Waals surface area contributed by atoms with Crippen LogP contribution in [0.5, 0.6) is 0 Å². The number of aromatic nitrogens is 1. The van der Waals surface area contributed by atoms with Crippen LogP contribution in [0.3, 0.4) is 0 Å². The van der Waals surface area contributed by atoms with Crippen molar-refractivity contribution in [1.29, 1.82) is 5.26 Å². The summed E-state index contributed by atoms with van der Waals surface area (Å²) in [6.45, 7) is 4.47. The maximum absolute atomic E-state index is 9.40. The molecule has 3 rings (SSSR count). The molecule has 0 aliphatic carbocycles. The second kappa shape index (κ2) is 5.13. The topological polar surface area (TPSA) is 39.9 Å². The number of rotatable bonds is 2. The fraction of sp³-hybridized carbons (Fsp3) is 0.412. The van der Waals surface area contributed by atoms with Crippen LogP contribution in [0.4, 0.5) is 5.82 Å². The van der Waals surface area contributed by atoms with Gasteiger partial charge in [0.05, 0.1) is 17.1 Å². The van der Waals surface area contributed by atoms with Crippen LogP contribution in [0, 0.1) is 11.3 Å². The third kappa shape index (κ3) is 2.02. The summed E-state index contributed by atoms with van der Waals surface area (Å²) in [4.78, 5) is 7.19. The predicted octanol–water partition coefficient (Wildman–Crippen LogP) is 3.87. The summed E-state index contributed by atoms with van der Waals surface area (Å²) in [5.74, 6) is 0.956. The Hall–Kier alpha value is -2.08. The van der Waals surface area contributed by atoms with Gasteiger partial charge in [-0.3, -0.25) is 0 Å². The molecule has 2 atom stereocenters. The van der Waals surface area contributed by atoms with Crippen molar-refractivity contribution < 1.29 is 0 Å². The summed E-state index contributed by atoms with van der Waals surface area (Å²) in [5.41, 5.74) is 1.63. The van der Waals surface area contributed by atoms with Crippen LogP contribution >= 0.6 is 0 Å². The molecule has 0 bridgehead atoms. The normalized spacial score (nSPS) is 22.1. The van der Waals surface area contributed by atoms with E-state index >= 15 is 0 Å². The van der Waals surface area contributed by atoms with Crippen LogP contribution in [0.2, 0.25) is 0 Å². The fourth-order valence-corrected chi connectivity index (χ4v) is 3.27. The lowest BCUT2D eigenvalue weighted by Gasteiger charge is -2.29. The third-order valence-corrected chi connectivity index (χ3v) is 4.34. The highest BCUT2D eigenvalue weighted by molar-refractivity contribution is 5.86. The van der Waals surface area contributed by atoms with Crippen molar-refractivity contribution in [3.63, 3.8) is 0 Å². The van der Waals surface area contributed by atoms with Crippen molar-refractivity contribution >= 4 is 16.7 Å². The number of benzene rings is 1. The lowest BCUT2D eigenvalue weighted by Crippen LogP contribution is -2.34. The van der Waals surface area contributed by atoms with Crippen LogP contribution < -0.4 is 4.90 Å². The second-order valence-electron chi connectivity index (χ2n) is 5.55. The summed E-state index contributed by atoms with van der Waals surface area (Å²) >= 11 is 0. The van der Waals surface area contributed by atoms with E-state index in [4.69, 9.17) is 4.98 Å². The molecule has 1 aromatic heterocycles. The Morgan fingerprint density at radius 1 is 1.35 bits per heavy atom. The van der Waals surface area contributed by atoms with Crippen molar-refractivity contribution in [2.24, 2.45) is 0 Å². The summed E-state index contributed by atoms with van der Waals surface area (Å²) in [6, 6.07) is 13.2. The molecule has 0 spiro atoms. The molecule has 20 heavy (non-hydrogen) atoms. The van der Waals surface area contributed by atoms with Gasteiger partial charge in [-0.1, -0.05) is 25.1 Å². The molecular weight excluding hydrogens is 246 g/mol. The van der Waals surface area contributed by atoms with E-state index in [1.165, 1.54) is 12.8 Å². The highest BCUT2D eigenvalue weighted by Gasteiger charge is 2.30. The summed E-state index contributed by atoms with van der Waals surface area (Å²) in [5, 5.41) is 10.3. The predicted molar refractivity (Wildman–Crippen MR) is 81.7 cm³/mol. The Balaban J connectivity index is 2.15. The van der Waals surface area contributed by atoms with Crippen molar-refractivity contribution in [2.75, 3.05) is 4.90 Å². The third-order valence-electron chi connectivity index (χ3n) is 4.34. The first-order valence-electron chi connectivity index (χ1n) is 7.32. The fourth-order valence-electron chi connectivity index (χ4n) is 3.27. The van der Waals surface area contributed by atoms with Crippen molar-refractivity contribution in [3.05, 3.63) is 35.9 Å². The molecule has 1 aliphatic heterocycles. The maximum atomic E-state index is 9.40. The van der Waals surface area contributed by atoms with Crippen LogP contribution in [0.1, 0.15) is 38.7 Å². The molecule has 1 aromatic carbocycles. The molecule has 0 N–H and O–H groups in total. The zero-order chi connectivity index (χ0) is 14.1. The number of nitrogens with zero attached hydrogens (tertiary/aromatic N) is 3. The van der Waals surface area contributed by atoms with E-state index in [1.807, 2.05) is 30.3 Å². The van der Waals surface area contributed by atoms with E-state index in [0.29, 0.717) is 12.1 Å². The molecule has 1 saturated heterocycles. The zero-order valence-electron chi connectivity index (χ0n) is 12.0. The van der Waals surface area contributed by atoms with E-state index < -0.39 is 0 Å². The molecule has 2 unspecified atom stereocenters. The van der Waals surface area contributed by atoms with Gasteiger partial charge in [0.25, 0.3) is 0 Å². The van der Waals surface area contributed by atoms with E-state index in [-0.39, 0.29) is 0 Å². The van der Waals surface area contributed by atoms with E-state index in [9.17, 15) is 5.26 Å². The van der Waals surface area contributed by atoms with Gasteiger partial charge in [0.1, 0.15) is 5.82 Å². The largest absolute Gasteiger partial charge is 0.351 e. The van der Waals surface area contributed by atoms with Crippen molar-refractivity contribution in [3.8, 4) is 6.07 Å². The molecule has 1 fully saturated rings. The first-order chi connectivity index (χ1) is 9.74. The van der Waals surface area contributed by atoms with Gasteiger partial charge in [0.2, 0.25) is 0 Å². The molecule has 2 aromatic rings. The Labute approximate surface area is 119 Å². The van der Waals surface area contributed by atoms with Gasteiger partial charge >= 0.3 is 0 Å². The van der Waals surface area contributed by atoms with Gasteiger partial charge in [0, 0.05) is 17.5 Å². The van der Waals surface area contributed by atoms with Crippen LogP contribution in [-0.4, -0.2) is 17.1 Å². The average Bonchev–Trinajstić information content (AvgIpc) is 2.87. The minimum Gasteiger partial charge on any atom is -0.351 e. The highest BCUT2D eigenvalue weighted by Crippen LogP contribution is 2.32. The van der Waals surface area contributed by atoms with Crippen molar-refractivity contribution in [2.45, 2.75) is 45.2 Å². The van der Waals surface area contributed by atoms with E-state index in [0.717, 1.165) is 28.7 Å². The van der Waals surface area contributed by atoms with Crippen LogP contribution in [0.15, 0.2) is 30.3 Å². The second-order valence-corrected chi connectivity index (χ2v) is 5.55. The van der Waals surface area contributed by atoms with E-state index in [1.54, 1.807) is 0 Å². The van der Waals surface area contributed by atoms with E-state index in [2.05, 4.69) is 24.8 Å². The molecule has 3 nitrogen and oxygen atoms in total. The first-order valence-corrected chi connectivity index (χ1v) is 7.32. The monoisotopic (exact) mass is 265 g/mol. The summed E-state index contributed by atoms with van der Waals surface area (Å²) in [7, 11) is 0. The first kappa shape index (κ1) is 12.9. The van der Waals surface area contributed by atoms with Gasteiger partial charge < -0.3 is 4.90 Å². The van der Waals surface area contributed by atoms with Crippen LogP contribution in [0.25, 0.3) is 10.9 Å². The number of hydrogen-bond donors (Lipinski definition) is 0. The maximum Gasteiger partial charge on any atom is 0.131 e. The number of nitriles is 1. The Bertz CT molecular complexity index is 671. The SMILES string of the molecule is CCC1CCC(C)N1c1cc(C#N)c2ccccc2n1. The minimum atomic E-state index is 0.500. The molecular formula is C17H19N3. The lowest BCUT2D eigenvalue weighted by molar-refractivity contribution is 0.622. The number of fused-ring (bicyclic) bond motifs is 1. The number of para-hydroxylation sites is 1. The average molecular weight is 265 g/mol. The van der Waals surface area contributed by atoms with Crippen molar-refractivity contribution in [1.82, 2.24) is 4.98 Å². The molecule has 0 amide bonds. The smallest absolute Gasteiger partial charge is 0.131 e. The standard InChI is InChI=1S/C17H19N3/c1-3-14-9-8-12(2)20(14)17-10-13(11-18)15-6-4-5-7-16(15)19-17/h4-7,10,12,14H,3,8-9H2,1-2H3. The number of anilines is 1. The van der Waals surface area contributed by atoms with Gasteiger partial charge in [-0.15, -0.1) is 0 Å². The molecule has 1 aliphatic rings. The lowest BCUT2D eigenvalue weighted by atomic mass is 10.1. The highest BCUT2D eigenvalue weighted by atomic mass is 15.3. The molecule has 2 heterocycles. The Morgan fingerprint density at radius 2 is 2.15 bits per heavy atom. The zero-order valence-corrected chi connectivity index (χ0v) is 12.0. The Morgan fingerprint density at radius 3 is 2.90 bits per heavy atom. The van der Waals surface area contributed by atoms with Gasteiger partial charge in [-0.25, -0.2) is 4.98 Å². The van der Waals surface area contributed by atoms with Gasteiger partial charge in [-0.05, 0) is 38.3 Å². The number of hydrogen-bond acceptors (Lipinski definition) is 3. The summed E-state index contributed by atoms with van der Waals surface area (Å²) < 4.78 is 0. The molecule has 0 saturated carbocycles. The molecule has 3 heteroatoms. The van der Waals surface area contributed by atoms with Gasteiger partial charge in [0.15, 0.2) is 0 Å².